The maximum atomic E-state index is 12.9. The fraction of sp³-hybridized carbons (Fsp3) is 0.716. The number of esters is 3. The molecule has 0 amide bonds. The van der Waals surface area contributed by atoms with Gasteiger partial charge in [-0.15, -0.1) is 0 Å². The van der Waals surface area contributed by atoms with E-state index in [-0.39, 0.29) is 31.1 Å². The van der Waals surface area contributed by atoms with Gasteiger partial charge in [0.15, 0.2) is 6.10 Å². The van der Waals surface area contributed by atoms with E-state index in [9.17, 15) is 14.4 Å². The van der Waals surface area contributed by atoms with Crippen LogP contribution in [0.1, 0.15) is 323 Å². The largest absolute Gasteiger partial charge is 0.462 e. The van der Waals surface area contributed by atoms with Crippen molar-refractivity contribution >= 4 is 17.9 Å². The van der Waals surface area contributed by atoms with Gasteiger partial charge in [0, 0.05) is 19.3 Å². The maximum Gasteiger partial charge on any atom is 0.306 e. The summed E-state index contributed by atoms with van der Waals surface area (Å²) in [5.41, 5.74) is 0. The van der Waals surface area contributed by atoms with Crippen LogP contribution >= 0.6 is 0 Å². The lowest BCUT2D eigenvalue weighted by Crippen LogP contribution is -2.30. The number of unbranched alkanes of at least 4 members (excludes halogenated alkanes) is 32. The highest BCUT2D eigenvalue weighted by atomic mass is 16.6. The van der Waals surface area contributed by atoms with Crippen molar-refractivity contribution in [2.75, 3.05) is 13.2 Å². The molecule has 0 radical (unpaired) electrons. The van der Waals surface area contributed by atoms with E-state index in [0.717, 1.165) is 116 Å². The van der Waals surface area contributed by atoms with Gasteiger partial charge >= 0.3 is 17.9 Å². The summed E-state index contributed by atoms with van der Waals surface area (Å²) >= 11 is 0. The second-order valence-corrected chi connectivity index (χ2v) is 22.3. The van der Waals surface area contributed by atoms with Gasteiger partial charge in [-0.2, -0.15) is 0 Å². The van der Waals surface area contributed by atoms with E-state index in [1.807, 2.05) is 0 Å². The second-order valence-electron chi connectivity index (χ2n) is 22.3. The predicted molar refractivity (Wildman–Crippen MR) is 348 cm³/mol. The van der Waals surface area contributed by atoms with E-state index in [2.05, 4.69) is 130 Å². The van der Waals surface area contributed by atoms with Gasteiger partial charge in [0.1, 0.15) is 13.2 Å². The minimum atomic E-state index is -0.793. The standard InChI is InChI=1S/C74H126O6/c1-4-7-10-13-16-19-22-25-27-29-31-32-33-34-35-36-37-38-39-40-41-42-43-45-46-49-52-55-58-61-64-67-73(76)79-70-71(69-78-72(75)66-63-60-57-54-51-48-24-21-18-15-12-9-6-3)80-74(77)68-65-62-59-56-53-50-47-44-30-28-26-23-20-17-14-11-8-5-2/h7,9-10,12,16,18-19,21,25,27-28,30-32,34-35,48,51,71H,4-6,8,11,13-15,17,20,22-24,26,29,33,36-47,49-50,52-70H2,1-3H3/b10-7-,12-9-,19-16-,21-18-,27-25-,30-28-,32-31-,35-34-,51-48-. The van der Waals surface area contributed by atoms with Crippen LogP contribution in [0.15, 0.2) is 109 Å². The van der Waals surface area contributed by atoms with E-state index in [4.69, 9.17) is 14.2 Å². The molecule has 0 bridgehead atoms. The summed E-state index contributed by atoms with van der Waals surface area (Å²) in [5.74, 6) is -0.912. The fourth-order valence-electron chi connectivity index (χ4n) is 9.48. The molecule has 6 nitrogen and oxygen atoms in total. The Morgan fingerprint density at radius 3 is 0.787 bits per heavy atom. The molecule has 0 aliphatic rings. The first-order chi connectivity index (χ1) is 39.5. The van der Waals surface area contributed by atoms with Crippen molar-refractivity contribution in [3.8, 4) is 0 Å². The molecule has 0 N–H and O–H groups in total. The Labute approximate surface area is 495 Å². The molecule has 0 fully saturated rings. The smallest absolute Gasteiger partial charge is 0.306 e. The summed E-state index contributed by atoms with van der Waals surface area (Å²) in [4.78, 5) is 38.3. The highest BCUT2D eigenvalue weighted by Gasteiger charge is 2.19. The normalized spacial score (nSPS) is 12.8. The topological polar surface area (TPSA) is 78.9 Å². The Balaban J connectivity index is 4.24. The van der Waals surface area contributed by atoms with Crippen LogP contribution in [0.25, 0.3) is 0 Å². The van der Waals surface area contributed by atoms with Crippen molar-refractivity contribution in [2.24, 2.45) is 0 Å². The molecule has 1 atom stereocenters. The minimum Gasteiger partial charge on any atom is -0.462 e. The Hall–Kier alpha value is -3.93. The second kappa shape index (κ2) is 67.6. The third-order valence-electron chi connectivity index (χ3n) is 14.5. The Morgan fingerprint density at radius 1 is 0.263 bits per heavy atom. The number of allylic oxidation sites excluding steroid dienone is 18. The zero-order chi connectivity index (χ0) is 57.8. The summed E-state index contributed by atoms with van der Waals surface area (Å²) in [6, 6.07) is 0. The van der Waals surface area contributed by atoms with Crippen LogP contribution in [-0.4, -0.2) is 37.2 Å². The molecule has 458 valence electrons. The van der Waals surface area contributed by atoms with Crippen molar-refractivity contribution in [1.29, 1.82) is 0 Å². The van der Waals surface area contributed by atoms with Crippen LogP contribution in [0, 0.1) is 0 Å². The third-order valence-corrected chi connectivity index (χ3v) is 14.5. The summed E-state index contributed by atoms with van der Waals surface area (Å²) in [5, 5.41) is 0. The summed E-state index contributed by atoms with van der Waals surface area (Å²) in [6.07, 6.45) is 92.6. The maximum absolute atomic E-state index is 12.9. The monoisotopic (exact) mass is 1110 g/mol. The van der Waals surface area contributed by atoms with E-state index < -0.39 is 6.10 Å². The van der Waals surface area contributed by atoms with E-state index in [1.165, 1.54) is 167 Å². The molecule has 0 saturated heterocycles. The molecule has 0 aromatic carbocycles. The predicted octanol–water partition coefficient (Wildman–Crippen LogP) is 23.4. The van der Waals surface area contributed by atoms with E-state index in [0.29, 0.717) is 19.3 Å². The Morgan fingerprint density at radius 2 is 0.487 bits per heavy atom. The van der Waals surface area contributed by atoms with Gasteiger partial charge in [-0.05, 0) is 122 Å². The molecule has 0 aliphatic carbocycles. The molecule has 0 aromatic heterocycles. The molecule has 0 aliphatic heterocycles. The number of carbonyl (C=O) groups is 3. The van der Waals surface area contributed by atoms with Gasteiger partial charge in [-0.1, -0.05) is 291 Å². The van der Waals surface area contributed by atoms with Crippen molar-refractivity contribution in [3.63, 3.8) is 0 Å². The van der Waals surface area contributed by atoms with Gasteiger partial charge in [-0.25, -0.2) is 0 Å². The molecule has 6 heteroatoms. The number of carbonyl (C=O) groups excluding carboxylic acids is 3. The number of hydrogen-bond donors (Lipinski definition) is 0. The first kappa shape index (κ1) is 76.1. The zero-order valence-electron chi connectivity index (χ0n) is 52.6. The molecule has 0 aromatic rings. The average Bonchev–Trinajstić information content (AvgIpc) is 3.46. The van der Waals surface area contributed by atoms with Gasteiger partial charge in [0.05, 0.1) is 0 Å². The zero-order valence-corrected chi connectivity index (χ0v) is 52.6. The molecule has 0 rings (SSSR count). The van der Waals surface area contributed by atoms with Crippen molar-refractivity contribution < 1.29 is 28.6 Å². The fourth-order valence-corrected chi connectivity index (χ4v) is 9.48. The van der Waals surface area contributed by atoms with Gasteiger partial charge in [0.2, 0.25) is 0 Å². The first-order valence-electron chi connectivity index (χ1n) is 33.9. The lowest BCUT2D eigenvalue weighted by atomic mass is 10.0. The van der Waals surface area contributed by atoms with Crippen LogP contribution < -0.4 is 0 Å². The van der Waals surface area contributed by atoms with Crippen LogP contribution in [0.3, 0.4) is 0 Å². The van der Waals surface area contributed by atoms with Crippen molar-refractivity contribution in [3.05, 3.63) is 109 Å². The average molecular weight is 1110 g/mol. The molecular weight excluding hydrogens is 985 g/mol. The van der Waals surface area contributed by atoms with Crippen LogP contribution in [-0.2, 0) is 28.6 Å². The molecule has 80 heavy (non-hydrogen) atoms. The van der Waals surface area contributed by atoms with Crippen LogP contribution in [0.5, 0.6) is 0 Å². The van der Waals surface area contributed by atoms with Crippen molar-refractivity contribution in [2.45, 2.75) is 329 Å². The first-order valence-corrected chi connectivity index (χ1v) is 33.9. The summed E-state index contributed by atoms with van der Waals surface area (Å²) < 4.78 is 16.9. The molecular formula is C74H126O6. The minimum absolute atomic E-state index is 0.0877. The number of hydrogen-bond acceptors (Lipinski definition) is 6. The van der Waals surface area contributed by atoms with Crippen LogP contribution in [0.2, 0.25) is 0 Å². The Kier molecular flexibility index (Phi) is 64.3. The van der Waals surface area contributed by atoms with Crippen LogP contribution in [0.4, 0.5) is 0 Å². The van der Waals surface area contributed by atoms with E-state index in [1.54, 1.807) is 0 Å². The SMILES string of the molecule is CC/C=C\C/C=C\C/C=C\C/C=C\C/C=C\CCCCCCCCCCCCCCCCCC(=O)OCC(COC(=O)CCCCC/C=C\C/C=C\C/C=C\CC)OC(=O)CCCCCCCCC/C=C\CCCCCCCCC. The lowest BCUT2D eigenvalue weighted by molar-refractivity contribution is -0.167. The highest BCUT2D eigenvalue weighted by Crippen LogP contribution is 2.17. The molecule has 0 saturated carbocycles. The van der Waals surface area contributed by atoms with Gasteiger partial charge in [0.25, 0.3) is 0 Å². The van der Waals surface area contributed by atoms with E-state index >= 15 is 0 Å². The highest BCUT2D eigenvalue weighted by molar-refractivity contribution is 5.71. The number of rotatable bonds is 61. The third kappa shape index (κ3) is 64.9. The van der Waals surface area contributed by atoms with Gasteiger partial charge < -0.3 is 14.2 Å². The molecule has 1 unspecified atom stereocenters. The summed E-state index contributed by atoms with van der Waals surface area (Å²) in [6.45, 7) is 6.41. The summed E-state index contributed by atoms with van der Waals surface area (Å²) in [7, 11) is 0. The molecule has 0 heterocycles. The lowest BCUT2D eigenvalue weighted by Gasteiger charge is -2.18. The molecule has 0 spiro atoms. The van der Waals surface area contributed by atoms with Crippen molar-refractivity contribution in [1.82, 2.24) is 0 Å². The number of ether oxygens (including phenoxy) is 3. The quantitative estimate of drug-likeness (QED) is 0.0261. The van der Waals surface area contributed by atoms with Gasteiger partial charge in [-0.3, -0.25) is 14.4 Å². The Bertz CT molecular complexity index is 1610.